The van der Waals surface area contributed by atoms with Gasteiger partial charge in [0, 0.05) is 22.5 Å². The van der Waals surface area contributed by atoms with Gasteiger partial charge in [-0.25, -0.2) is 0 Å². The van der Waals surface area contributed by atoms with Crippen LogP contribution < -0.4 is 11.5 Å². The Hall–Kier alpha value is -1.96. The number of anilines is 2. The Morgan fingerprint density at radius 2 is 1.62 bits per heavy atom. The number of rotatable bonds is 1. The summed E-state index contributed by atoms with van der Waals surface area (Å²) in [5.74, 6) is 0. The van der Waals surface area contributed by atoms with Gasteiger partial charge >= 0.3 is 0 Å². The molecule has 0 saturated carbocycles. The van der Waals surface area contributed by atoms with Gasteiger partial charge in [0.15, 0.2) is 0 Å². The highest BCUT2D eigenvalue weighted by Crippen LogP contribution is 2.32. The van der Waals surface area contributed by atoms with Gasteiger partial charge in [-0.1, -0.05) is 29.8 Å². The van der Waals surface area contributed by atoms with Gasteiger partial charge in [0.05, 0.1) is 0 Å². The predicted octanol–water partition coefficient (Wildman–Crippen LogP) is 3.13. The smallest absolute Gasteiger partial charge is 0.0424 e. The monoisotopic (exact) mass is 212 g/mol. The predicted molar refractivity (Wildman–Crippen MR) is 70.2 cm³/mol. The minimum absolute atomic E-state index is 0.767. The molecule has 0 aliphatic rings. The molecule has 2 rings (SSSR count). The van der Waals surface area contributed by atoms with Crippen LogP contribution in [0.15, 0.2) is 36.4 Å². The summed E-state index contributed by atoms with van der Waals surface area (Å²) < 4.78 is 0. The third-order valence-corrected chi connectivity index (χ3v) is 2.82. The minimum Gasteiger partial charge on any atom is -0.398 e. The molecule has 0 aromatic heterocycles. The van der Waals surface area contributed by atoms with Crippen molar-refractivity contribution in [2.24, 2.45) is 0 Å². The van der Waals surface area contributed by atoms with Crippen molar-refractivity contribution in [1.29, 1.82) is 0 Å². The maximum Gasteiger partial charge on any atom is 0.0424 e. The molecule has 0 amide bonds. The van der Waals surface area contributed by atoms with Crippen LogP contribution in [0.3, 0.4) is 0 Å². The summed E-state index contributed by atoms with van der Waals surface area (Å²) in [5, 5.41) is 0. The summed E-state index contributed by atoms with van der Waals surface area (Å²) in [4.78, 5) is 0. The molecule has 2 nitrogen and oxygen atoms in total. The van der Waals surface area contributed by atoms with Gasteiger partial charge in [0.25, 0.3) is 0 Å². The van der Waals surface area contributed by atoms with E-state index < -0.39 is 0 Å². The lowest BCUT2D eigenvalue weighted by molar-refractivity contribution is 1.44. The van der Waals surface area contributed by atoms with Gasteiger partial charge in [-0.3, -0.25) is 0 Å². The first-order chi connectivity index (χ1) is 7.59. The van der Waals surface area contributed by atoms with Crippen molar-refractivity contribution in [2.45, 2.75) is 13.8 Å². The molecule has 0 aliphatic carbocycles. The molecule has 0 aliphatic heterocycles. The van der Waals surface area contributed by atoms with E-state index in [0.29, 0.717) is 0 Å². The number of nitrogens with two attached hydrogens (primary N) is 2. The molecule has 0 saturated heterocycles. The Labute approximate surface area is 95.9 Å². The van der Waals surface area contributed by atoms with Gasteiger partial charge in [-0.15, -0.1) is 0 Å². The molecule has 4 N–H and O–H groups in total. The lowest BCUT2D eigenvalue weighted by Crippen LogP contribution is -1.96. The van der Waals surface area contributed by atoms with Crippen LogP contribution in [0, 0.1) is 13.8 Å². The Bertz CT molecular complexity index is 530. The van der Waals surface area contributed by atoms with E-state index in [0.717, 1.165) is 28.1 Å². The van der Waals surface area contributed by atoms with Crippen LogP contribution in [0.2, 0.25) is 0 Å². The molecule has 0 heterocycles. The number of aryl methyl sites for hydroxylation is 2. The lowest BCUT2D eigenvalue weighted by Gasteiger charge is -2.11. The summed E-state index contributed by atoms with van der Waals surface area (Å²) in [7, 11) is 0. The fraction of sp³-hybridized carbons (Fsp3) is 0.143. The average Bonchev–Trinajstić information content (AvgIpc) is 2.26. The SMILES string of the molecule is Cc1ccc(N)c(-c2cccc(C)c2N)c1. The normalized spacial score (nSPS) is 10.4. The van der Waals surface area contributed by atoms with Gasteiger partial charge in [0.1, 0.15) is 0 Å². The summed E-state index contributed by atoms with van der Waals surface area (Å²) in [6.45, 7) is 4.06. The second-order valence-corrected chi connectivity index (χ2v) is 4.13. The zero-order valence-electron chi connectivity index (χ0n) is 9.62. The molecule has 0 bridgehead atoms. The van der Waals surface area contributed by atoms with Crippen LogP contribution in [0.25, 0.3) is 11.1 Å². The molecular weight excluding hydrogens is 196 g/mol. The highest BCUT2D eigenvalue weighted by molar-refractivity contribution is 5.85. The van der Waals surface area contributed by atoms with Crippen molar-refractivity contribution in [3.63, 3.8) is 0 Å². The Balaban J connectivity index is 2.67. The number of benzene rings is 2. The first kappa shape index (κ1) is 10.6. The van der Waals surface area contributed by atoms with E-state index in [-0.39, 0.29) is 0 Å². The number of hydrogen-bond acceptors (Lipinski definition) is 2. The second-order valence-electron chi connectivity index (χ2n) is 4.13. The van der Waals surface area contributed by atoms with Gasteiger partial charge in [0.2, 0.25) is 0 Å². The molecule has 0 spiro atoms. The average molecular weight is 212 g/mol. The maximum absolute atomic E-state index is 6.08. The lowest BCUT2D eigenvalue weighted by atomic mass is 9.98. The van der Waals surface area contributed by atoms with E-state index in [1.54, 1.807) is 0 Å². The number of nitrogen functional groups attached to an aromatic ring is 2. The second kappa shape index (κ2) is 3.89. The van der Waals surface area contributed by atoms with Crippen LogP contribution in [0.1, 0.15) is 11.1 Å². The minimum atomic E-state index is 0.767. The van der Waals surface area contributed by atoms with Crippen LogP contribution in [0.5, 0.6) is 0 Å². The topological polar surface area (TPSA) is 52.0 Å². The van der Waals surface area contributed by atoms with E-state index in [9.17, 15) is 0 Å². The number of hydrogen-bond donors (Lipinski definition) is 2. The van der Waals surface area contributed by atoms with Crippen molar-refractivity contribution in [3.8, 4) is 11.1 Å². The molecule has 16 heavy (non-hydrogen) atoms. The zero-order chi connectivity index (χ0) is 11.7. The van der Waals surface area contributed by atoms with E-state index in [1.807, 2.05) is 37.3 Å². The summed E-state index contributed by atoms with van der Waals surface area (Å²) in [6.07, 6.45) is 0. The third kappa shape index (κ3) is 1.74. The zero-order valence-corrected chi connectivity index (χ0v) is 9.62. The molecule has 0 unspecified atom stereocenters. The Morgan fingerprint density at radius 1 is 0.875 bits per heavy atom. The van der Waals surface area contributed by atoms with Crippen LogP contribution in [-0.2, 0) is 0 Å². The van der Waals surface area contributed by atoms with Crippen molar-refractivity contribution in [3.05, 3.63) is 47.5 Å². The van der Waals surface area contributed by atoms with Gasteiger partial charge in [-0.05, 0) is 31.5 Å². The quantitative estimate of drug-likeness (QED) is 0.713. The Morgan fingerprint density at radius 3 is 2.38 bits per heavy atom. The molecule has 82 valence electrons. The first-order valence-corrected chi connectivity index (χ1v) is 5.31. The van der Waals surface area contributed by atoms with Crippen molar-refractivity contribution >= 4 is 11.4 Å². The Kier molecular flexibility index (Phi) is 2.57. The molecule has 0 atom stereocenters. The van der Waals surface area contributed by atoms with Crippen molar-refractivity contribution in [2.75, 3.05) is 11.5 Å². The van der Waals surface area contributed by atoms with Gasteiger partial charge in [-0.2, -0.15) is 0 Å². The highest BCUT2D eigenvalue weighted by atomic mass is 14.6. The summed E-state index contributed by atoms with van der Waals surface area (Å²) in [5.41, 5.74) is 17.9. The fourth-order valence-corrected chi connectivity index (χ4v) is 1.82. The standard InChI is InChI=1S/C14H16N2/c1-9-6-7-13(15)12(8-9)11-5-3-4-10(2)14(11)16/h3-8H,15-16H2,1-2H3. The molecule has 2 heteroatoms. The van der Waals surface area contributed by atoms with E-state index in [2.05, 4.69) is 13.0 Å². The van der Waals surface area contributed by atoms with Crippen molar-refractivity contribution in [1.82, 2.24) is 0 Å². The largest absolute Gasteiger partial charge is 0.398 e. The summed E-state index contributed by atoms with van der Waals surface area (Å²) in [6, 6.07) is 12.0. The van der Waals surface area contributed by atoms with Crippen LogP contribution in [0.4, 0.5) is 11.4 Å². The third-order valence-electron chi connectivity index (χ3n) is 2.82. The van der Waals surface area contributed by atoms with E-state index in [4.69, 9.17) is 11.5 Å². The fourth-order valence-electron chi connectivity index (χ4n) is 1.82. The maximum atomic E-state index is 6.08. The summed E-state index contributed by atoms with van der Waals surface area (Å²) >= 11 is 0. The van der Waals surface area contributed by atoms with E-state index in [1.165, 1.54) is 5.56 Å². The van der Waals surface area contributed by atoms with E-state index >= 15 is 0 Å². The van der Waals surface area contributed by atoms with Gasteiger partial charge < -0.3 is 11.5 Å². The highest BCUT2D eigenvalue weighted by Gasteiger charge is 2.07. The first-order valence-electron chi connectivity index (χ1n) is 5.31. The van der Waals surface area contributed by atoms with Crippen LogP contribution in [-0.4, -0.2) is 0 Å². The molecular formula is C14H16N2. The molecule has 0 radical (unpaired) electrons. The number of para-hydroxylation sites is 1. The van der Waals surface area contributed by atoms with Crippen molar-refractivity contribution < 1.29 is 0 Å². The van der Waals surface area contributed by atoms with Crippen LogP contribution >= 0.6 is 0 Å². The molecule has 2 aromatic rings. The molecule has 2 aromatic carbocycles. The molecule has 0 fully saturated rings.